The molecular weight excluding hydrogens is 394 g/mol. The smallest absolute Gasteiger partial charge is 0.338 e. The van der Waals surface area contributed by atoms with E-state index in [1.54, 1.807) is 19.2 Å². The van der Waals surface area contributed by atoms with E-state index in [0.29, 0.717) is 0 Å². The molecule has 0 fully saturated rings. The van der Waals surface area contributed by atoms with Crippen molar-refractivity contribution in [3.8, 4) is 5.75 Å². The number of sulfonamides is 1. The Kier molecular flexibility index (Phi) is 6.08. The molecule has 8 nitrogen and oxygen atoms in total. The molecule has 0 unspecified atom stereocenters. The second-order valence-electron chi connectivity index (χ2n) is 6.20. The molecule has 9 heteroatoms. The van der Waals surface area contributed by atoms with Crippen LogP contribution < -0.4 is 9.46 Å². The highest BCUT2D eigenvalue weighted by atomic mass is 32.2. The van der Waals surface area contributed by atoms with Gasteiger partial charge >= 0.3 is 5.97 Å². The molecule has 0 aliphatic carbocycles. The predicted molar refractivity (Wildman–Crippen MR) is 107 cm³/mol. The Balaban J connectivity index is 1.63. The van der Waals surface area contributed by atoms with Gasteiger partial charge in [-0.2, -0.15) is 0 Å². The monoisotopic (exact) mass is 413 g/mol. The first-order chi connectivity index (χ1) is 13.9. The molecule has 0 atom stereocenters. The van der Waals surface area contributed by atoms with E-state index in [4.69, 9.17) is 9.84 Å². The highest BCUT2D eigenvalue weighted by molar-refractivity contribution is 7.92. The summed E-state index contributed by atoms with van der Waals surface area (Å²) in [4.78, 5) is 18.3. The van der Waals surface area contributed by atoms with Crippen molar-refractivity contribution in [2.45, 2.75) is 17.7 Å². The van der Waals surface area contributed by atoms with Crippen LogP contribution in [-0.2, 0) is 22.9 Å². The number of aromatic nitrogens is 2. The normalized spacial score (nSPS) is 11.1. The molecule has 3 rings (SSSR count). The predicted octanol–water partition coefficient (Wildman–Crippen LogP) is 2.77. The van der Waals surface area contributed by atoms with Crippen LogP contribution in [0.4, 0.5) is 5.95 Å². The summed E-state index contributed by atoms with van der Waals surface area (Å²) < 4.78 is 32.3. The van der Waals surface area contributed by atoms with Gasteiger partial charge in [0.05, 0.1) is 17.6 Å². The van der Waals surface area contributed by atoms with E-state index in [-0.39, 0.29) is 16.4 Å². The number of methoxy groups -OCH3 is 1. The highest BCUT2D eigenvalue weighted by Crippen LogP contribution is 2.17. The van der Waals surface area contributed by atoms with Crippen molar-refractivity contribution in [1.29, 1.82) is 0 Å². The number of rotatable bonds is 8. The maximum Gasteiger partial charge on any atom is 0.338 e. The molecule has 0 amide bonds. The lowest BCUT2D eigenvalue weighted by molar-refractivity contribution is 0.0696. The molecule has 0 spiro atoms. The molecule has 1 aromatic heterocycles. The molecule has 2 N–H and O–H groups in total. The van der Waals surface area contributed by atoms with Gasteiger partial charge in [-0.1, -0.05) is 24.3 Å². The molecule has 0 bridgehead atoms. The number of carboxylic acid groups (broad SMARTS) is 1. The summed E-state index contributed by atoms with van der Waals surface area (Å²) in [6.45, 7) is 0. The zero-order chi connectivity index (χ0) is 20.9. The Morgan fingerprint density at radius 2 is 1.48 bits per heavy atom. The Hall–Kier alpha value is -3.46. The Labute approximate surface area is 168 Å². The Bertz CT molecular complexity index is 1080. The topological polar surface area (TPSA) is 118 Å². The van der Waals surface area contributed by atoms with Gasteiger partial charge in [0, 0.05) is 12.4 Å². The lowest BCUT2D eigenvalue weighted by Crippen LogP contribution is -2.15. The van der Waals surface area contributed by atoms with Crippen LogP contribution >= 0.6 is 0 Å². The van der Waals surface area contributed by atoms with Crippen molar-refractivity contribution >= 4 is 21.9 Å². The summed E-state index contributed by atoms with van der Waals surface area (Å²) in [6, 6.07) is 14.3. The van der Waals surface area contributed by atoms with Gasteiger partial charge in [-0.05, 0) is 48.2 Å². The number of nitrogens with one attached hydrogen (secondary N) is 1. The number of hydrogen-bond donors (Lipinski definition) is 2. The number of nitrogens with zero attached hydrogens (tertiary/aromatic N) is 2. The maximum atomic E-state index is 12.5. The fourth-order valence-electron chi connectivity index (χ4n) is 2.59. The first kappa shape index (κ1) is 20.3. The number of aromatic carboxylic acids is 1. The van der Waals surface area contributed by atoms with Crippen LogP contribution in [0.5, 0.6) is 5.75 Å². The Morgan fingerprint density at radius 1 is 0.966 bits per heavy atom. The standard InChI is InChI=1S/C20H19N3O5S/c1-28-17-8-4-14(5-9-17)2-3-15-6-10-18(11-7-15)29(26,27)23-20-21-12-16(13-22-20)19(24)25/h4-13H,2-3H2,1H3,(H,24,25)(H,21,22,23). The van der Waals surface area contributed by atoms with E-state index in [1.165, 1.54) is 12.1 Å². The van der Waals surface area contributed by atoms with Gasteiger partial charge in [0.15, 0.2) is 0 Å². The van der Waals surface area contributed by atoms with Gasteiger partial charge in [-0.3, -0.25) is 0 Å². The van der Waals surface area contributed by atoms with Crippen molar-refractivity contribution in [3.63, 3.8) is 0 Å². The number of aryl methyl sites for hydroxylation is 2. The first-order valence-corrected chi connectivity index (χ1v) is 10.2. The minimum Gasteiger partial charge on any atom is -0.497 e. The van der Waals surface area contributed by atoms with Gasteiger partial charge in [-0.15, -0.1) is 0 Å². The van der Waals surface area contributed by atoms with Gasteiger partial charge in [0.1, 0.15) is 5.75 Å². The second kappa shape index (κ2) is 8.70. The number of hydrogen-bond acceptors (Lipinski definition) is 6. The first-order valence-electron chi connectivity index (χ1n) is 8.67. The molecule has 29 heavy (non-hydrogen) atoms. The van der Waals surface area contributed by atoms with Crippen LogP contribution in [0, 0.1) is 0 Å². The fraction of sp³-hybridized carbons (Fsp3) is 0.150. The average molecular weight is 413 g/mol. The van der Waals surface area contributed by atoms with Crippen molar-refractivity contribution < 1.29 is 23.1 Å². The zero-order valence-electron chi connectivity index (χ0n) is 15.6. The molecule has 0 aliphatic heterocycles. The summed E-state index contributed by atoms with van der Waals surface area (Å²) in [6.07, 6.45) is 3.66. The average Bonchev–Trinajstić information content (AvgIpc) is 2.73. The molecular formula is C20H19N3O5S. The number of carbonyl (C=O) groups is 1. The summed E-state index contributed by atoms with van der Waals surface area (Å²) in [5.74, 6) is -0.583. The van der Waals surface area contributed by atoms with Crippen LogP contribution in [0.2, 0.25) is 0 Å². The van der Waals surface area contributed by atoms with Crippen LogP contribution in [0.25, 0.3) is 0 Å². The zero-order valence-corrected chi connectivity index (χ0v) is 16.4. The minimum absolute atomic E-state index is 0.0663. The van der Waals surface area contributed by atoms with Crippen molar-refractivity contribution in [3.05, 3.63) is 77.6 Å². The molecule has 1 heterocycles. The van der Waals surface area contributed by atoms with Gasteiger partial charge in [0.2, 0.25) is 5.95 Å². The van der Waals surface area contributed by atoms with Gasteiger partial charge in [-0.25, -0.2) is 27.9 Å². The SMILES string of the molecule is COc1ccc(CCc2ccc(S(=O)(=O)Nc3ncc(C(=O)O)cn3)cc2)cc1. The third-order valence-electron chi connectivity index (χ3n) is 4.22. The summed E-state index contributed by atoms with van der Waals surface area (Å²) in [7, 11) is -2.25. The van der Waals surface area contributed by atoms with Gasteiger partial charge < -0.3 is 9.84 Å². The summed E-state index contributed by atoms with van der Waals surface area (Å²) in [5, 5.41) is 8.83. The lowest BCUT2D eigenvalue weighted by Gasteiger charge is -2.08. The molecule has 3 aromatic rings. The molecule has 0 saturated heterocycles. The van der Waals surface area contributed by atoms with E-state index in [0.717, 1.165) is 42.1 Å². The summed E-state index contributed by atoms with van der Waals surface area (Å²) in [5.41, 5.74) is 2.03. The van der Waals surface area contributed by atoms with Gasteiger partial charge in [0.25, 0.3) is 10.0 Å². The molecule has 2 aromatic carbocycles. The Morgan fingerprint density at radius 3 is 1.97 bits per heavy atom. The molecule has 0 saturated carbocycles. The van der Waals surface area contributed by atoms with Crippen molar-refractivity contribution in [1.82, 2.24) is 9.97 Å². The second-order valence-corrected chi connectivity index (χ2v) is 7.88. The molecule has 0 radical (unpaired) electrons. The highest BCUT2D eigenvalue weighted by Gasteiger charge is 2.16. The molecule has 0 aliphatic rings. The quantitative estimate of drug-likeness (QED) is 0.583. The third-order valence-corrected chi connectivity index (χ3v) is 5.56. The number of anilines is 1. The van der Waals surface area contributed by atoms with E-state index in [2.05, 4.69) is 14.7 Å². The third kappa shape index (κ3) is 5.29. The van der Waals surface area contributed by atoms with Crippen LogP contribution in [-0.4, -0.2) is 36.6 Å². The van der Waals surface area contributed by atoms with Crippen LogP contribution in [0.15, 0.2) is 65.8 Å². The van der Waals surface area contributed by atoms with E-state index < -0.39 is 16.0 Å². The maximum absolute atomic E-state index is 12.5. The van der Waals surface area contributed by atoms with E-state index in [1.807, 2.05) is 24.3 Å². The van der Waals surface area contributed by atoms with Crippen LogP contribution in [0.3, 0.4) is 0 Å². The number of benzene rings is 2. The summed E-state index contributed by atoms with van der Waals surface area (Å²) >= 11 is 0. The lowest BCUT2D eigenvalue weighted by atomic mass is 10.0. The molecule has 150 valence electrons. The fourth-order valence-corrected chi connectivity index (χ4v) is 3.54. The largest absolute Gasteiger partial charge is 0.497 e. The van der Waals surface area contributed by atoms with E-state index in [9.17, 15) is 13.2 Å². The number of carboxylic acids is 1. The van der Waals surface area contributed by atoms with Crippen molar-refractivity contribution in [2.24, 2.45) is 0 Å². The number of ether oxygens (including phenoxy) is 1. The van der Waals surface area contributed by atoms with Crippen molar-refractivity contribution in [2.75, 3.05) is 11.8 Å². The minimum atomic E-state index is -3.87. The van der Waals surface area contributed by atoms with Crippen LogP contribution in [0.1, 0.15) is 21.5 Å². The van der Waals surface area contributed by atoms with E-state index >= 15 is 0 Å².